The van der Waals surface area contributed by atoms with Crippen molar-refractivity contribution in [3.8, 4) is 0 Å². The van der Waals surface area contributed by atoms with Crippen molar-refractivity contribution in [1.82, 2.24) is 4.90 Å². The van der Waals surface area contributed by atoms with E-state index < -0.39 is 6.43 Å². The molecule has 1 aliphatic rings. The Morgan fingerprint density at radius 1 is 1.22 bits per heavy atom. The van der Waals surface area contributed by atoms with Crippen molar-refractivity contribution in [1.29, 1.82) is 0 Å². The third-order valence-electron chi connectivity index (χ3n) is 3.66. The van der Waals surface area contributed by atoms with Crippen LogP contribution in [0.3, 0.4) is 0 Å². The van der Waals surface area contributed by atoms with Crippen LogP contribution >= 0.6 is 0 Å². The van der Waals surface area contributed by atoms with Gasteiger partial charge in [-0.2, -0.15) is 0 Å². The topological polar surface area (TPSA) is 3.24 Å². The van der Waals surface area contributed by atoms with Crippen LogP contribution in [0.4, 0.5) is 8.78 Å². The Bertz CT molecular complexity index is 447. The fourth-order valence-electron chi connectivity index (χ4n) is 2.50. The third kappa shape index (κ3) is 2.56. The number of benzene rings is 1. The average Bonchev–Trinajstić information content (AvgIpc) is 2.25. The molecule has 2 rings (SSSR count). The van der Waals surface area contributed by atoms with Gasteiger partial charge in [0, 0.05) is 18.7 Å². The van der Waals surface area contributed by atoms with Gasteiger partial charge in [0.15, 0.2) is 0 Å². The molecule has 0 unspecified atom stereocenters. The van der Waals surface area contributed by atoms with Gasteiger partial charge >= 0.3 is 0 Å². The molecule has 1 aromatic rings. The van der Waals surface area contributed by atoms with Gasteiger partial charge in [0.1, 0.15) is 0 Å². The highest BCUT2D eigenvalue weighted by molar-refractivity contribution is 5.43. The van der Waals surface area contributed by atoms with Crippen LogP contribution in [0.2, 0.25) is 0 Å². The maximum atomic E-state index is 13.2. The number of rotatable bonds is 1. The number of hydrogen-bond acceptors (Lipinski definition) is 1. The fourth-order valence-corrected chi connectivity index (χ4v) is 2.50. The quantitative estimate of drug-likeness (QED) is 0.733. The van der Waals surface area contributed by atoms with E-state index in [0.717, 1.165) is 36.2 Å². The molecule has 3 heteroatoms. The van der Waals surface area contributed by atoms with E-state index >= 15 is 0 Å². The summed E-state index contributed by atoms with van der Waals surface area (Å²) in [4.78, 5) is 2.18. The van der Waals surface area contributed by atoms with E-state index in [9.17, 15) is 8.78 Å². The van der Waals surface area contributed by atoms with Gasteiger partial charge in [0.25, 0.3) is 6.43 Å². The summed E-state index contributed by atoms with van der Waals surface area (Å²) in [5, 5.41) is 0. The van der Waals surface area contributed by atoms with Crippen molar-refractivity contribution in [2.75, 3.05) is 13.6 Å². The maximum Gasteiger partial charge on any atom is 0.264 e. The second kappa shape index (κ2) is 4.61. The highest BCUT2D eigenvalue weighted by atomic mass is 19.3. The van der Waals surface area contributed by atoms with E-state index in [1.807, 2.05) is 7.05 Å². The highest BCUT2D eigenvalue weighted by Gasteiger charge is 2.25. The molecule has 0 spiro atoms. The number of alkyl halides is 2. The van der Waals surface area contributed by atoms with E-state index in [1.54, 1.807) is 6.07 Å². The predicted molar refractivity (Wildman–Crippen MR) is 70.1 cm³/mol. The molecule has 1 heterocycles. The average molecular weight is 253 g/mol. The molecular formula is C15H21F2N. The lowest BCUT2D eigenvalue weighted by molar-refractivity contribution is 0.148. The van der Waals surface area contributed by atoms with Crippen molar-refractivity contribution in [2.24, 2.45) is 0 Å². The molecule has 0 saturated carbocycles. The van der Waals surface area contributed by atoms with Crippen molar-refractivity contribution >= 4 is 0 Å². The van der Waals surface area contributed by atoms with Crippen LogP contribution in [0.5, 0.6) is 0 Å². The zero-order valence-electron chi connectivity index (χ0n) is 11.6. The third-order valence-corrected chi connectivity index (χ3v) is 3.66. The summed E-state index contributed by atoms with van der Waals surface area (Å²) in [6.07, 6.45) is -1.64. The van der Waals surface area contributed by atoms with Crippen LogP contribution < -0.4 is 0 Å². The van der Waals surface area contributed by atoms with Crippen molar-refractivity contribution in [2.45, 2.75) is 45.6 Å². The fraction of sp³-hybridized carbons (Fsp3) is 0.600. The Kier molecular flexibility index (Phi) is 3.45. The van der Waals surface area contributed by atoms with Gasteiger partial charge in [0.2, 0.25) is 0 Å². The molecule has 0 bridgehead atoms. The minimum atomic E-state index is -2.37. The van der Waals surface area contributed by atoms with Crippen LogP contribution in [-0.4, -0.2) is 18.5 Å². The zero-order valence-corrected chi connectivity index (χ0v) is 11.6. The Labute approximate surface area is 108 Å². The molecule has 100 valence electrons. The molecule has 0 aliphatic carbocycles. The van der Waals surface area contributed by atoms with Gasteiger partial charge < -0.3 is 4.90 Å². The Hall–Kier alpha value is -0.960. The summed E-state index contributed by atoms with van der Waals surface area (Å²) in [6, 6.07) is 3.81. The Morgan fingerprint density at radius 3 is 2.44 bits per heavy atom. The van der Waals surface area contributed by atoms with Crippen LogP contribution in [0, 0.1) is 0 Å². The SMILES string of the molecule is CN1CCc2c(cc(C(C)(C)C)cc2C(F)F)C1. The van der Waals surface area contributed by atoms with Crippen molar-refractivity contribution in [3.63, 3.8) is 0 Å². The summed E-state index contributed by atoms with van der Waals surface area (Å²) >= 11 is 0. The molecule has 0 saturated heterocycles. The number of fused-ring (bicyclic) bond motifs is 1. The molecule has 1 aromatic carbocycles. The monoisotopic (exact) mass is 253 g/mol. The van der Waals surface area contributed by atoms with E-state index in [1.165, 1.54) is 0 Å². The molecule has 1 nitrogen and oxygen atoms in total. The van der Waals surface area contributed by atoms with Gasteiger partial charge in [-0.05, 0) is 41.6 Å². The van der Waals surface area contributed by atoms with Crippen LogP contribution in [0.15, 0.2) is 12.1 Å². The van der Waals surface area contributed by atoms with Gasteiger partial charge in [-0.25, -0.2) is 8.78 Å². The number of hydrogen-bond donors (Lipinski definition) is 0. The van der Waals surface area contributed by atoms with Gasteiger partial charge in [-0.3, -0.25) is 0 Å². The van der Waals surface area contributed by atoms with Crippen LogP contribution in [0.25, 0.3) is 0 Å². The van der Waals surface area contributed by atoms with Crippen molar-refractivity contribution in [3.05, 3.63) is 34.4 Å². The Balaban J connectivity index is 2.56. The van der Waals surface area contributed by atoms with Gasteiger partial charge in [0.05, 0.1) is 0 Å². The maximum absolute atomic E-state index is 13.2. The van der Waals surface area contributed by atoms with Gasteiger partial charge in [-0.15, -0.1) is 0 Å². The first-order valence-corrected chi connectivity index (χ1v) is 6.42. The Morgan fingerprint density at radius 2 is 1.89 bits per heavy atom. The number of halogens is 2. The lowest BCUT2D eigenvalue weighted by atomic mass is 9.82. The standard InChI is InChI=1S/C15H21F2N/c1-15(2,3)11-7-10-9-18(4)6-5-12(10)13(8-11)14(16)17/h7-8,14H,5-6,9H2,1-4H3. The largest absolute Gasteiger partial charge is 0.302 e. The summed E-state index contributed by atoms with van der Waals surface area (Å²) in [7, 11) is 2.04. The van der Waals surface area contributed by atoms with E-state index in [2.05, 4.69) is 31.7 Å². The highest BCUT2D eigenvalue weighted by Crippen LogP contribution is 2.34. The first kappa shape index (κ1) is 13.5. The lowest BCUT2D eigenvalue weighted by Crippen LogP contribution is -2.28. The van der Waals surface area contributed by atoms with E-state index in [-0.39, 0.29) is 11.0 Å². The second-order valence-electron chi connectivity index (χ2n) is 6.24. The number of nitrogens with zero attached hydrogens (tertiary/aromatic N) is 1. The molecule has 0 aromatic heterocycles. The lowest BCUT2D eigenvalue weighted by Gasteiger charge is -2.30. The zero-order chi connectivity index (χ0) is 13.5. The molecule has 0 radical (unpaired) electrons. The minimum Gasteiger partial charge on any atom is -0.302 e. The normalized spacial score (nSPS) is 17.1. The summed E-state index contributed by atoms with van der Waals surface area (Å²) in [5.41, 5.74) is 3.11. The van der Waals surface area contributed by atoms with E-state index in [4.69, 9.17) is 0 Å². The molecule has 0 N–H and O–H groups in total. The first-order valence-electron chi connectivity index (χ1n) is 6.42. The van der Waals surface area contributed by atoms with Crippen molar-refractivity contribution < 1.29 is 8.78 Å². The molecular weight excluding hydrogens is 232 g/mol. The molecule has 1 aliphatic heterocycles. The minimum absolute atomic E-state index is 0.0886. The van der Waals surface area contributed by atoms with Gasteiger partial charge in [-0.1, -0.05) is 26.8 Å². The number of likely N-dealkylation sites (N-methyl/N-ethyl adjacent to an activating group) is 1. The van der Waals surface area contributed by atoms with Crippen LogP contribution in [0.1, 0.15) is 49.5 Å². The molecule has 0 atom stereocenters. The molecule has 0 amide bonds. The van der Waals surface area contributed by atoms with E-state index in [0.29, 0.717) is 0 Å². The van der Waals surface area contributed by atoms with Crippen LogP contribution in [-0.2, 0) is 18.4 Å². The predicted octanol–water partition coefficient (Wildman–Crippen LogP) is 3.91. The summed E-state index contributed by atoms with van der Waals surface area (Å²) in [6.45, 7) is 7.84. The molecule has 18 heavy (non-hydrogen) atoms. The smallest absolute Gasteiger partial charge is 0.264 e. The second-order valence-corrected chi connectivity index (χ2v) is 6.24. The summed E-state index contributed by atoms with van der Waals surface area (Å²) in [5.74, 6) is 0. The first-order chi connectivity index (χ1) is 8.29. The summed E-state index contributed by atoms with van der Waals surface area (Å²) < 4.78 is 26.4. The molecule has 0 fully saturated rings.